The first kappa shape index (κ1) is 16.0. The molecule has 0 saturated heterocycles. The van der Waals surface area contributed by atoms with E-state index in [0.717, 1.165) is 0 Å². The van der Waals surface area contributed by atoms with Crippen LogP contribution >= 0.6 is 0 Å². The number of hydrogen-bond donors (Lipinski definition) is 2. The van der Waals surface area contributed by atoms with Crippen LogP contribution in [0.2, 0.25) is 0 Å². The second kappa shape index (κ2) is 7.99. The molecule has 0 amide bonds. The van der Waals surface area contributed by atoms with Crippen molar-refractivity contribution in [2.24, 2.45) is 0 Å². The molecular weight excluding hydrogens is 205 g/mol. The fourth-order valence-corrected chi connectivity index (χ4v) is 0. The Morgan fingerprint density at radius 3 is 1.50 bits per heavy atom. The molecule has 0 unspecified atom stereocenters. The van der Waals surface area contributed by atoms with E-state index in [1.165, 1.54) is 0 Å². The zero-order chi connectivity index (χ0) is 6.50. The SMILES string of the molecule is O=[As]([O-])(O)O.[C-]#N.[Ca+2]. The average molecular weight is 207 g/mol. The first-order valence-electron chi connectivity index (χ1n) is 0.989. The van der Waals surface area contributed by atoms with Crippen LogP contribution in [-0.2, 0) is 3.74 Å². The summed E-state index contributed by atoms with van der Waals surface area (Å²) in [6, 6.07) is 0. The van der Waals surface area contributed by atoms with Gasteiger partial charge in [-0.2, -0.15) is 0 Å². The van der Waals surface area contributed by atoms with Crippen LogP contribution in [0.5, 0.6) is 0 Å². The van der Waals surface area contributed by atoms with Crippen molar-refractivity contribution in [1.82, 2.24) is 0 Å². The van der Waals surface area contributed by atoms with Gasteiger partial charge < -0.3 is 11.8 Å². The van der Waals surface area contributed by atoms with E-state index in [1.807, 2.05) is 0 Å². The smallest absolute Gasteiger partial charge is 0.512 e. The van der Waals surface area contributed by atoms with E-state index >= 15 is 0 Å². The number of nitrogens with zero attached hydrogens (tertiary/aromatic N) is 1. The number of rotatable bonds is 0. The summed E-state index contributed by atoms with van der Waals surface area (Å²) in [5, 5.41) is 6.25. The van der Waals surface area contributed by atoms with Crippen molar-refractivity contribution in [2.75, 3.05) is 0 Å². The normalized spacial score (nSPS) is 7.62. The zero-order valence-electron chi connectivity index (χ0n) is 3.81. The Hall–Kier alpha value is 0.988. The Morgan fingerprint density at radius 1 is 1.50 bits per heavy atom. The molecule has 0 atom stereocenters. The summed E-state index contributed by atoms with van der Waals surface area (Å²) >= 11 is -5.38. The van der Waals surface area contributed by atoms with E-state index in [0.29, 0.717) is 0 Å². The molecule has 0 aromatic rings. The molecular formula is CH2AsCaNO4. The second-order valence-electron chi connectivity index (χ2n) is 0.491. The van der Waals surface area contributed by atoms with Gasteiger partial charge in [0.05, 0.1) is 0 Å². The summed E-state index contributed by atoms with van der Waals surface area (Å²) in [6.45, 7) is 4.75. The Bertz CT molecular complexity index is 87.2. The largest absolute Gasteiger partial charge is 2.00 e. The van der Waals surface area contributed by atoms with Crippen LogP contribution in [0.15, 0.2) is 0 Å². The first-order valence-corrected chi connectivity index (χ1v) is 4.20. The van der Waals surface area contributed by atoms with Gasteiger partial charge in [0.2, 0.25) is 0 Å². The average Bonchev–Trinajstić information content (AvgIpc) is 1.36. The summed E-state index contributed by atoms with van der Waals surface area (Å²) in [5.41, 5.74) is 0. The van der Waals surface area contributed by atoms with E-state index in [9.17, 15) is 0 Å². The van der Waals surface area contributed by atoms with Crippen LogP contribution < -0.4 is 4.10 Å². The van der Waals surface area contributed by atoms with Gasteiger partial charge >= 0.3 is 68.3 Å². The van der Waals surface area contributed by atoms with Gasteiger partial charge in [-0.15, -0.1) is 0 Å². The first-order chi connectivity index (χ1) is 3.00. The van der Waals surface area contributed by atoms with Crippen molar-refractivity contribution in [1.29, 1.82) is 5.26 Å². The van der Waals surface area contributed by atoms with Gasteiger partial charge in [-0.05, 0) is 0 Å². The molecule has 0 fully saturated rings. The summed E-state index contributed by atoms with van der Waals surface area (Å²) in [6.07, 6.45) is 0. The molecule has 0 aliphatic rings. The third-order valence-electron chi connectivity index (χ3n) is 0. The number of hydrogen-bond acceptors (Lipinski definition) is 3. The standard InChI is InChI=1S/CN.AsH3O4.Ca/c1-2;2-1(3,4)5;/h;(H3,2,3,4,5);/q-1;;+2/p-1. The molecule has 0 spiro atoms. The summed E-state index contributed by atoms with van der Waals surface area (Å²) in [5.74, 6) is 0. The quantitative estimate of drug-likeness (QED) is 0.323. The minimum atomic E-state index is -5.38. The van der Waals surface area contributed by atoms with Gasteiger partial charge in [0, 0.05) is 0 Å². The molecule has 0 aromatic carbocycles. The molecule has 0 rings (SSSR count). The molecule has 0 aromatic heterocycles. The molecule has 0 heterocycles. The van der Waals surface area contributed by atoms with E-state index in [2.05, 4.69) is 0 Å². The molecule has 0 bridgehead atoms. The van der Waals surface area contributed by atoms with E-state index in [-0.39, 0.29) is 37.7 Å². The van der Waals surface area contributed by atoms with Gasteiger partial charge in [-0.1, -0.05) is 0 Å². The second-order valence-corrected chi connectivity index (χ2v) is 2.55. The van der Waals surface area contributed by atoms with Crippen LogP contribution in [0.3, 0.4) is 0 Å². The monoisotopic (exact) mass is 207 g/mol. The van der Waals surface area contributed by atoms with Crippen molar-refractivity contribution in [3.8, 4) is 0 Å². The van der Waals surface area contributed by atoms with Gasteiger partial charge in [-0.25, -0.2) is 0 Å². The van der Waals surface area contributed by atoms with Crippen molar-refractivity contribution >= 4 is 52.3 Å². The van der Waals surface area contributed by atoms with Crippen molar-refractivity contribution in [2.45, 2.75) is 0 Å². The van der Waals surface area contributed by atoms with Crippen molar-refractivity contribution < 1.29 is 16.0 Å². The molecule has 0 radical (unpaired) electrons. The van der Waals surface area contributed by atoms with Crippen LogP contribution in [-0.4, -0.2) is 60.4 Å². The third kappa shape index (κ3) is 257. The fraction of sp³-hybridized carbons (Fsp3) is 0. The van der Waals surface area contributed by atoms with E-state index in [1.54, 1.807) is 0 Å². The van der Waals surface area contributed by atoms with Crippen LogP contribution in [0.4, 0.5) is 0 Å². The van der Waals surface area contributed by atoms with Gasteiger partial charge in [-0.3, -0.25) is 0 Å². The molecule has 5 nitrogen and oxygen atoms in total. The molecule has 2 N–H and O–H groups in total. The molecule has 42 valence electrons. The third-order valence-corrected chi connectivity index (χ3v) is 0. The fourth-order valence-electron chi connectivity index (χ4n) is 0. The van der Waals surface area contributed by atoms with Crippen LogP contribution in [0.25, 0.3) is 0 Å². The van der Waals surface area contributed by atoms with Gasteiger partial charge in [0.25, 0.3) is 0 Å². The molecule has 0 saturated carbocycles. The Kier molecular flexibility index (Phi) is 16.0. The predicted octanol–water partition coefficient (Wildman–Crippen LogP) is -3.09. The Balaban J connectivity index is -0.0000000750. The topological polar surface area (TPSA) is 104 Å². The molecule has 0 aliphatic carbocycles. The zero-order valence-corrected chi connectivity index (χ0v) is 7.90. The van der Waals surface area contributed by atoms with Crippen molar-refractivity contribution in [3.63, 3.8) is 0 Å². The Labute approximate surface area is 79.3 Å². The molecule has 0 aliphatic heterocycles. The maximum Gasteiger partial charge on any atom is 2.00 e. The van der Waals surface area contributed by atoms with Crippen molar-refractivity contribution in [3.05, 3.63) is 6.57 Å². The molecule has 8 heavy (non-hydrogen) atoms. The van der Waals surface area contributed by atoms with Crippen LogP contribution in [0, 0.1) is 11.8 Å². The minimum Gasteiger partial charge on any atom is -0.512 e. The van der Waals surface area contributed by atoms with E-state index < -0.39 is 14.5 Å². The van der Waals surface area contributed by atoms with Gasteiger partial charge in [0.15, 0.2) is 0 Å². The Morgan fingerprint density at radius 2 is 1.50 bits per heavy atom. The van der Waals surface area contributed by atoms with Gasteiger partial charge in [0.1, 0.15) is 0 Å². The summed E-state index contributed by atoms with van der Waals surface area (Å²) < 4.78 is 31.9. The summed E-state index contributed by atoms with van der Waals surface area (Å²) in [4.78, 5) is 0. The van der Waals surface area contributed by atoms with Crippen LogP contribution in [0.1, 0.15) is 0 Å². The maximum absolute atomic E-state index is 8.83. The predicted molar refractivity (Wildman–Crippen MR) is 21.6 cm³/mol. The molecule has 7 heteroatoms. The van der Waals surface area contributed by atoms with E-state index in [4.69, 9.17) is 27.9 Å². The minimum absolute atomic E-state index is 0. The summed E-state index contributed by atoms with van der Waals surface area (Å²) in [7, 11) is 0. The maximum atomic E-state index is 8.83.